The lowest BCUT2D eigenvalue weighted by Gasteiger charge is -2.35. The number of aliphatic hydroxyl groups excluding tert-OH is 1. The Morgan fingerprint density at radius 2 is 1.76 bits per heavy atom. The molecule has 2 aromatic rings. The molecule has 1 N–H and O–H groups in total. The fraction of sp³-hybridized carbons (Fsp3) is 0.429. The Bertz CT molecular complexity index is 614. The molecule has 3 rings (SSSR count). The Labute approximate surface area is 149 Å². The van der Waals surface area contributed by atoms with E-state index in [1.165, 1.54) is 0 Å². The van der Waals surface area contributed by atoms with Gasteiger partial charge in [-0.05, 0) is 18.9 Å². The van der Waals surface area contributed by atoms with Crippen molar-refractivity contribution in [3.63, 3.8) is 0 Å². The van der Waals surface area contributed by atoms with Crippen LogP contribution in [0, 0.1) is 0 Å². The first-order chi connectivity index (χ1) is 12.2. The van der Waals surface area contributed by atoms with Crippen molar-refractivity contribution in [2.45, 2.75) is 51.0 Å². The summed E-state index contributed by atoms with van der Waals surface area (Å²) in [4.78, 5) is 0. The van der Waals surface area contributed by atoms with Crippen molar-refractivity contribution in [1.82, 2.24) is 0 Å². The molecule has 0 amide bonds. The van der Waals surface area contributed by atoms with E-state index in [4.69, 9.17) is 14.2 Å². The zero-order valence-electron chi connectivity index (χ0n) is 14.6. The van der Waals surface area contributed by atoms with Crippen molar-refractivity contribution < 1.29 is 19.3 Å². The molecule has 0 aromatic heterocycles. The molecular formula is C21H26O4. The van der Waals surface area contributed by atoms with Crippen LogP contribution in [0.1, 0.15) is 37.2 Å². The van der Waals surface area contributed by atoms with Gasteiger partial charge in [-0.1, -0.05) is 60.7 Å². The van der Waals surface area contributed by atoms with Crippen LogP contribution in [0.4, 0.5) is 0 Å². The number of benzene rings is 2. The second-order valence-electron chi connectivity index (χ2n) is 6.50. The minimum atomic E-state index is -0.442. The standard InChI is InChI=1S/C21H26O4/c1-16(22)14-20(24-15-17-8-4-2-5-9-17)19-12-13-23-21(25-19)18-10-6-3-7-11-18/h2-11,16,19-22H,12-15H2,1H3/t16?,19-,20+,21?/m1/s1. The molecular weight excluding hydrogens is 316 g/mol. The summed E-state index contributed by atoms with van der Waals surface area (Å²) in [6, 6.07) is 20.0. The van der Waals surface area contributed by atoms with Gasteiger partial charge in [0.2, 0.25) is 0 Å². The lowest BCUT2D eigenvalue weighted by Crippen LogP contribution is -2.39. The summed E-state index contributed by atoms with van der Waals surface area (Å²) in [5, 5.41) is 9.87. The first kappa shape index (κ1) is 18.1. The summed E-state index contributed by atoms with van der Waals surface area (Å²) < 4.78 is 18.1. The SMILES string of the molecule is CC(O)C[C@H](OCc1ccccc1)[C@H]1CCOC(c2ccccc2)O1. The molecule has 0 saturated carbocycles. The largest absolute Gasteiger partial charge is 0.393 e. The van der Waals surface area contributed by atoms with Crippen LogP contribution in [0.5, 0.6) is 0 Å². The van der Waals surface area contributed by atoms with Gasteiger partial charge in [0, 0.05) is 12.0 Å². The Hall–Kier alpha value is -1.72. The van der Waals surface area contributed by atoms with Crippen LogP contribution >= 0.6 is 0 Å². The first-order valence-electron chi connectivity index (χ1n) is 8.88. The highest BCUT2D eigenvalue weighted by atomic mass is 16.7. The molecule has 4 nitrogen and oxygen atoms in total. The zero-order valence-corrected chi connectivity index (χ0v) is 14.6. The summed E-state index contributed by atoms with van der Waals surface area (Å²) in [6.45, 7) is 2.91. The average molecular weight is 342 g/mol. The van der Waals surface area contributed by atoms with Crippen molar-refractivity contribution in [1.29, 1.82) is 0 Å². The van der Waals surface area contributed by atoms with E-state index in [0.29, 0.717) is 19.6 Å². The molecule has 2 unspecified atom stereocenters. The van der Waals surface area contributed by atoms with Crippen LogP contribution in [0.2, 0.25) is 0 Å². The Morgan fingerprint density at radius 1 is 1.08 bits per heavy atom. The van der Waals surface area contributed by atoms with Gasteiger partial charge in [-0.3, -0.25) is 0 Å². The second-order valence-corrected chi connectivity index (χ2v) is 6.50. The molecule has 1 aliphatic heterocycles. The van der Waals surface area contributed by atoms with Crippen molar-refractivity contribution in [2.24, 2.45) is 0 Å². The van der Waals surface area contributed by atoms with E-state index in [-0.39, 0.29) is 18.5 Å². The van der Waals surface area contributed by atoms with Gasteiger partial charge in [0.05, 0.1) is 31.5 Å². The molecule has 0 bridgehead atoms. The van der Waals surface area contributed by atoms with Crippen LogP contribution in [0.15, 0.2) is 60.7 Å². The van der Waals surface area contributed by atoms with Gasteiger partial charge >= 0.3 is 0 Å². The minimum Gasteiger partial charge on any atom is -0.393 e. The van der Waals surface area contributed by atoms with E-state index in [2.05, 4.69) is 0 Å². The van der Waals surface area contributed by atoms with E-state index < -0.39 is 6.10 Å². The Kier molecular flexibility index (Phi) is 6.59. The van der Waals surface area contributed by atoms with Gasteiger partial charge in [0.15, 0.2) is 6.29 Å². The van der Waals surface area contributed by atoms with E-state index in [1.807, 2.05) is 60.7 Å². The fourth-order valence-corrected chi connectivity index (χ4v) is 3.06. The second kappa shape index (κ2) is 9.11. The van der Waals surface area contributed by atoms with Crippen molar-refractivity contribution in [2.75, 3.05) is 6.61 Å². The molecule has 4 heteroatoms. The zero-order chi connectivity index (χ0) is 17.5. The van der Waals surface area contributed by atoms with Crippen molar-refractivity contribution in [3.8, 4) is 0 Å². The van der Waals surface area contributed by atoms with Crippen LogP contribution in [-0.4, -0.2) is 30.0 Å². The summed E-state index contributed by atoms with van der Waals surface area (Å²) in [7, 11) is 0. The molecule has 0 spiro atoms. The monoisotopic (exact) mass is 342 g/mol. The number of aliphatic hydroxyl groups is 1. The maximum atomic E-state index is 9.87. The van der Waals surface area contributed by atoms with Crippen LogP contribution < -0.4 is 0 Å². The molecule has 1 aliphatic rings. The molecule has 1 saturated heterocycles. The number of ether oxygens (including phenoxy) is 3. The van der Waals surface area contributed by atoms with Gasteiger partial charge in [-0.25, -0.2) is 0 Å². The smallest absolute Gasteiger partial charge is 0.184 e. The Morgan fingerprint density at radius 3 is 2.44 bits per heavy atom. The predicted molar refractivity (Wildman–Crippen MR) is 95.9 cm³/mol. The van der Waals surface area contributed by atoms with Gasteiger partial charge in [0.25, 0.3) is 0 Å². The molecule has 0 aliphatic carbocycles. The minimum absolute atomic E-state index is 0.0998. The maximum Gasteiger partial charge on any atom is 0.184 e. The van der Waals surface area contributed by atoms with E-state index >= 15 is 0 Å². The third-order valence-corrected chi connectivity index (χ3v) is 4.34. The highest BCUT2D eigenvalue weighted by Gasteiger charge is 2.31. The summed E-state index contributed by atoms with van der Waals surface area (Å²) in [6.07, 6.45) is 0.209. The van der Waals surface area contributed by atoms with E-state index in [1.54, 1.807) is 6.92 Å². The molecule has 134 valence electrons. The van der Waals surface area contributed by atoms with Crippen molar-refractivity contribution >= 4 is 0 Å². The van der Waals surface area contributed by atoms with Crippen LogP contribution in [0.25, 0.3) is 0 Å². The molecule has 25 heavy (non-hydrogen) atoms. The number of hydrogen-bond donors (Lipinski definition) is 1. The van der Waals surface area contributed by atoms with Gasteiger partial charge in [-0.15, -0.1) is 0 Å². The van der Waals surface area contributed by atoms with Gasteiger partial charge in [0.1, 0.15) is 0 Å². The fourth-order valence-electron chi connectivity index (χ4n) is 3.06. The lowest BCUT2D eigenvalue weighted by molar-refractivity contribution is -0.246. The van der Waals surface area contributed by atoms with E-state index in [9.17, 15) is 5.11 Å². The van der Waals surface area contributed by atoms with Gasteiger partial charge < -0.3 is 19.3 Å². The summed E-state index contributed by atoms with van der Waals surface area (Å²) in [5.41, 5.74) is 2.12. The summed E-state index contributed by atoms with van der Waals surface area (Å²) in [5.74, 6) is 0. The average Bonchev–Trinajstić information content (AvgIpc) is 2.66. The maximum absolute atomic E-state index is 9.87. The molecule has 4 atom stereocenters. The van der Waals surface area contributed by atoms with Crippen molar-refractivity contribution in [3.05, 3.63) is 71.8 Å². The normalized spacial score (nSPS) is 23.1. The quantitative estimate of drug-likeness (QED) is 0.830. The van der Waals surface area contributed by atoms with Gasteiger partial charge in [-0.2, -0.15) is 0 Å². The highest BCUT2D eigenvalue weighted by Crippen LogP contribution is 2.30. The first-order valence-corrected chi connectivity index (χ1v) is 8.88. The molecule has 1 heterocycles. The number of hydrogen-bond acceptors (Lipinski definition) is 4. The van der Waals surface area contributed by atoms with Crippen LogP contribution in [0.3, 0.4) is 0 Å². The predicted octanol–water partition coefficient (Wildman–Crippen LogP) is 3.85. The highest BCUT2D eigenvalue weighted by molar-refractivity contribution is 5.16. The molecule has 2 aromatic carbocycles. The molecule has 0 radical (unpaired) electrons. The summed E-state index contributed by atoms with van der Waals surface area (Å²) >= 11 is 0. The third kappa shape index (κ3) is 5.38. The number of rotatable bonds is 7. The topological polar surface area (TPSA) is 47.9 Å². The van der Waals surface area contributed by atoms with Crippen LogP contribution in [-0.2, 0) is 20.8 Å². The molecule has 1 fully saturated rings. The lowest BCUT2D eigenvalue weighted by atomic mass is 10.0. The van der Waals surface area contributed by atoms with E-state index in [0.717, 1.165) is 17.5 Å². The Balaban J connectivity index is 1.65. The third-order valence-electron chi connectivity index (χ3n) is 4.34.